The Morgan fingerprint density at radius 3 is 2.80 bits per heavy atom. The lowest BCUT2D eigenvalue weighted by Crippen LogP contribution is -2.29. The van der Waals surface area contributed by atoms with Crippen molar-refractivity contribution in [2.75, 3.05) is 58.5 Å². The minimum absolute atomic E-state index is 0.125. The number of carbonyl (C=O) groups is 1. The number of hydrogen-bond acceptors (Lipinski definition) is 5. The Morgan fingerprint density at radius 2 is 2.15 bits per heavy atom. The van der Waals surface area contributed by atoms with Crippen molar-refractivity contribution >= 4 is 17.3 Å². The summed E-state index contributed by atoms with van der Waals surface area (Å²) >= 11 is 0. The molecule has 1 rings (SSSR count). The summed E-state index contributed by atoms with van der Waals surface area (Å²) in [7, 11) is 5.33. The topological polar surface area (TPSA) is 79.6 Å². The lowest BCUT2D eigenvalue weighted by atomic mass is 10.1. The highest BCUT2D eigenvalue weighted by atomic mass is 16.5. The number of hydrogen-bond donors (Lipinski definition) is 3. The smallest absolute Gasteiger partial charge is 0.253 e. The van der Waals surface area contributed by atoms with E-state index in [9.17, 15) is 4.79 Å². The first-order chi connectivity index (χ1) is 9.58. The van der Waals surface area contributed by atoms with Gasteiger partial charge in [-0.2, -0.15) is 0 Å². The number of anilines is 2. The molecule has 0 aliphatic rings. The van der Waals surface area contributed by atoms with Crippen molar-refractivity contribution in [2.45, 2.75) is 0 Å². The van der Waals surface area contributed by atoms with Gasteiger partial charge >= 0.3 is 0 Å². The number of likely N-dealkylation sites (N-methyl/N-ethyl adjacent to an activating group) is 1. The van der Waals surface area contributed by atoms with Crippen molar-refractivity contribution in [3.05, 3.63) is 23.8 Å². The molecule has 112 valence electrons. The van der Waals surface area contributed by atoms with Gasteiger partial charge in [0.05, 0.1) is 12.2 Å². The van der Waals surface area contributed by atoms with Crippen LogP contribution in [0.15, 0.2) is 18.2 Å². The third kappa shape index (κ3) is 5.07. The molecule has 1 amide bonds. The SMILES string of the molecule is CNC(=O)c1ccc(N)cc1NCCN(C)CCOC. The summed E-state index contributed by atoms with van der Waals surface area (Å²) in [5, 5.41) is 5.87. The van der Waals surface area contributed by atoms with E-state index in [-0.39, 0.29) is 5.91 Å². The van der Waals surface area contributed by atoms with Gasteiger partial charge in [0.2, 0.25) is 0 Å². The van der Waals surface area contributed by atoms with Crippen LogP contribution >= 0.6 is 0 Å². The van der Waals surface area contributed by atoms with E-state index < -0.39 is 0 Å². The number of nitrogen functional groups attached to an aromatic ring is 1. The summed E-state index contributed by atoms with van der Waals surface area (Å²) in [6, 6.07) is 5.23. The van der Waals surface area contributed by atoms with Gasteiger partial charge < -0.3 is 26.0 Å². The number of benzene rings is 1. The van der Waals surface area contributed by atoms with E-state index >= 15 is 0 Å². The van der Waals surface area contributed by atoms with Crippen LogP contribution in [0.3, 0.4) is 0 Å². The molecule has 0 spiro atoms. The van der Waals surface area contributed by atoms with Crippen LogP contribution in [0.5, 0.6) is 0 Å². The molecule has 4 N–H and O–H groups in total. The molecule has 1 aromatic carbocycles. The monoisotopic (exact) mass is 280 g/mol. The van der Waals surface area contributed by atoms with Crippen molar-refractivity contribution < 1.29 is 9.53 Å². The van der Waals surface area contributed by atoms with Crippen LogP contribution in [0.2, 0.25) is 0 Å². The Kier molecular flexibility index (Phi) is 6.83. The standard InChI is InChI=1S/C14H24N4O2/c1-16-14(19)12-5-4-11(15)10-13(12)17-6-7-18(2)8-9-20-3/h4-5,10,17H,6-9,15H2,1-3H3,(H,16,19). The molecule has 6 nitrogen and oxygen atoms in total. The summed E-state index contributed by atoms with van der Waals surface area (Å²) < 4.78 is 5.03. The van der Waals surface area contributed by atoms with Gasteiger partial charge in [-0.25, -0.2) is 0 Å². The zero-order chi connectivity index (χ0) is 15.0. The van der Waals surface area contributed by atoms with Crippen LogP contribution in [-0.4, -0.2) is 58.3 Å². The van der Waals surface area contributed by atoms with Gasteiger partial charge in [0.1, 0.15) is 0 Å². The second-order valence-electron chi connectivity index (χ2n) is 4.61. The second kappa shape index (κ2) is 8.39. The Balaban J connectivity index is 2.58. The van der Waals surface area contributed by atoms with Crippen molar-refractivity contribution in [3.63, 3.8) is 0 Å². The van der Waals surface area contributed by atoms with E-state index in [1.807, 2.05) is 7.05 Å². The molecule has 0 saturated heterocycles. The summed E-state index contributed by atoms with van der Waals surface area (Å²) in [5.74, 6) is -0.125. The van der Waals surface area contributed by atoms with Gasteiger partial charge in [0.25, 0.3) is 5.91 Å². The first-order valence-electron chi connectivity index (χ1n) is 6.61. The van der Waals surface area contributed by atoms with E-state index in [2.05, 4.69) is 15.5 Å². The van der Waals surface area contributed by atoms with Gasteiger partial charge in [-0.1, -0.05) is 0 Å². The summed E-state index contributed by atoms with van der Waals surface area (Å²) in [4.78, 5) is 13.9. The highest BCUT2D eigenvalue weighted by molar-refractivity contribution is 6.00. The Morgan fingerprint density at radius 1 is 1.40 bits per heavy atom. The molecular weight excluding hydrogens is 256 g/mol. The zero-order valence-corrected chi connectivity index (χ0v) is 12.4. The summed E-state index contributed by atoms with van der Waals surface area (Å²) in [6.45, 7) is 3.16. The molecule has 1 aromatic rings. The van der Waals surface area contributed by atoms with E-state index in [1.165, 1.54) is 0 Å². The fourth-order valence-electron chi connectivity index (χ4n) is 1.78. The number of nitrogens with zero attached hydrogens (tertiary/aromatic N) is 1. The van der Waals surface area contributed by atoms with Gasteiger partial charge in [0.15, 0.2) is 0 Å². The van der Waals surface area contributed by atoms with Crippen molar-refractivity contribution in [3.8, 4) is 0 Å². The quantitative estimate of drug-likeness (QED) is 0.608. The van der Waals surface area contributed by atoms with Crippen LogP contribution in [-0.2, 0) is 4.74 Å². The summed E-state index contributed by atoms with van der Waals surface area (Å²) in [5.41, 5.74) is 7.75. The number of ether oxygens (including phenoxy) is 1. The number of rotatable bonds is 8. The third-order valence-corrected chi connectivity index (χ3v) is 3.00. The highest BCUT2D eigenvalue weighted by Gasteiger charge is 2.10. The molecule has 0 atom stereocenters. The number of carbonyl (C=O) groups excluding carboxylic acids is 1. The number of methoxy groups -OCH3 is 1. The van der Waals surface area contributed by atoms with Gasteiger partial charge in [-0.15, -0.1) is 0 Å². The molecular formula is C14H24N4O2. The normalized spacial score (nSPS) is 10.6. The summed E-state index contributed by atoms with van der Waals surface area (Å²) in [6.07, 6.45) is 0. The Labute approximate surface area is 120 Å². The van der Waals surface area contributed by atoms with E-state index in [0.29, 0.717) is 17.9 Å². The van der Waals surface area contributed by atoms with Crippen LogP contribution in [0.25, 0.3) is 0 Å². The molecule has 20 heavy (non-hydrogen) atoms. The third-order valence-electron chi connectivity index (χ3n) is 3.00. The van der Waals surface area contributed by atoms with Gasteiger partial charge in [-0.05, 0) is 25.2 Å². The molecule has 0 radical (unpaired) electrons. The predicted octanol–water partition coefficient (Wildman–Crippen LogP) is 0.619. The van der Waals surface area contributed by atoms with Crippen LogP contribution in [0.1, 0.15) is 10.4 Å². The Hall–Kier alpha value is -1.79. The maximum absolute atomic E-state index is 11.8. The van der Waals surface area contributed by atoms with E-state index in [0.717, 1.165) is 25.3 Å². The molecule has 0 fully saturated rings. The molecule has 6 heteroatoms. The van der Waals surface area contributed by atoms with Gasteiger partial charge in [-0.3, -0.25) is 4.79 Å². The highest BCUT2D eigenvalue weighted by Crippen LogP contribution is 2.18. The molecule has 0 aliphatic heterocycles. The minimum atomic E-state index is -0.125. The maximum Gasteiger partial charge on any atom is 0.253 e. The average Bonchev–Trinajstić information content (AvgIpc) is 2.44. The molecule has 0 bridgehead atoms. The Bertz CT molecular complexity index is 437. The number of nitrogens with one attached hydrogen (secondary N) is 2. The lowest BCUT2D eigenvalue weighted by Gasteiger charge is -2.18. The average molecular weight is 280 g/mol. The first kappa shape index (κ1) is 16.3. The number of nitrogens with two attached hydrogens (primary N) is 1. The predicted molar refractivity (Wildman–Crippen MR) is 82.1 cm³/mol. The fraction of sp³-hybridized carbons (Fsp3) is 0.500. The number of amides is 1. The zero-order valence-electron chi connectivity index (χ0n) is 12.4. The minimum Gasteiger partial charge on any atom is -0.399 e. The van der Waals surface area contributed by atoms with E-state index in [1.54, 1.807) is 32.4 Å². The lowest BCUT2D eigenvalue weighted by molar-refractivity contribution is 0.0964. The molecule has 0 aliphatic carbocycles. The van der Waals surface area contributed by atoms with Crippen molar-refractivity contribution in [2.24, 2.45) is 0 Å². The molecule has 0 heterocycles. The fourth-order valence-corrected chi connectivity index (χ4v) is 1.78. The maximum atomic E-state index is 11.8. The van der Waals surface area contributed by atoms with Crippen LogP contribution in [0, 0.1) is 0 Å². The first-order valence-corrected chi connectivity index (χ1v) is 6.61. The molecule has 0 unspecified atom stereocenters. The van der Waals surface area contributed by atoms with Crippen molar-refractivity contribution in [1.82, 2.24) is 10.2 Å². The van der Waals surface area contributed by atoms with E-state index in [4.69, 9.17) is 10.5 Å². The molecule has 0 aromatic heterocycles. The molecule has 0 saturated carbocycles. The van der Waals surface area contributed by atoms with Crippen LogP contribution in [0.4, 0.5) is 11.4 Å². The van der Waals surface area contributed by atoms with Crippen LogP contribution < -0.4 is 16.4 Å². The van der Waals surface area contributed by atoms with Crippen molar-refractivity contribution in [1.29, 1.82) is 0 Å². The second-order valence-corrected chi connectivity index (χ2v) is 4.61. The van der Waals surface area contributed by atoms with Gasteiger partial charge in [0, 0.05) is 45.2 Å². The largest absolute Gasteiger partial charge is 0.399 e.